The van der Waals surface area contributed by atoms with E-state index in [-0.39, 0.29) is 6.04 Å². The van der Waals surface area contributed by atoms with E-state index in [1.807, 2.05) is 30.3 Å². The summed E-state index contributed by atoms with van der Waals surface area (Å²) in [7, 11) is 4.86. The Hall–Kier alpha value is -2.40. The molecule has 1 N–H and O–H groups in total. The summed E-state index contributed by atoms with van der Waals surface area (Å²) in [5, 5.41) is 3.60. The standard InChI is InChI=1S/C19H23NO4/c1-21-17-10-13(11-18(22-2)19(17)23-3)12-20-15-8-9-24-16-7-5-4-6-14(15)16/h4-7,10-11,15,20H,8-9,12H2,1-3H3/t15-/m1/s1. The lowest BCUT2D eigenvalue weighted by Gasteiger charge is -2.27. The summed E-state index contributed by atoms with van der Waals surface area (Å²) in [6, 6.07) is 12.4. The Morgan fingerprint density at radius 3 is 2.42 bits per heavy atom. The molecule has 0 fully saturated rings. The molecular weight excluding hydrogens is 306 g/mol. The lowest BCUT2D eigenvalue weighted by molar-refractivity contribution is 0.252. The Kier molecular flexibility index (Phi) is 5.11. The fourth-order valence-corrected chi connectivity index (χ4v) is 3.03. The van der Waals surface area contributed by atoms with Gasteiger partial charge in [0.05, 0.1) is 27.9 Å². The van der Waals surface area contributed by atoms with Crippen molar-refractivity contribution in [2.75, 3.05) is 27.9 Å². The van der Waals surface area contributed by atoms with Gasteiger partial charge in [-0.25, -0.2) is 0 Å². The van der Waals surface area contributed by atoms with Crippen LogP contribution in [0.15, 0.2) is 36.4 Å². The van der Waals surface area contributed by atoms with Gasteiger partial charge in [-0.1, -0.05) is 18.2 Å². The first-order valence-corrected chi connectivity index (χ1v) is 8.00. The van der Waals surface area contributed by atoms with Crippen LogP contribution in [-0.2, 0) is 6.54 Å². The molecule has 0 aromatic heterocycles. The molecule has 1 heterocycles. The minimum Gasteiger partial charge on any atom is -0.493 e. The van der Waals surface area contributed by atoms with E-state index in [1.54, 1.807) is 21.3 Å². The number of fused-ring (bicyclic) bond motifs is 1. The van der Waals surface area contributed by atoms with E-state index in [2.05, 4.69) is 11.4 Å². The van der Waals surface area contributed by atoms with E-state index in [4.69, 9.17) is 18.9 Å². The van der Waals surface area contributed by atoms with Crippen LogP contribution < -0.4 is 24.3 Å². The molecule has 0 unspecified atom stereocenters. The molecule has 5 heteroatoms. The third-order valence-electron chi connectivity index (χ3n) is 4.24. The highest BCUT2D eigenvalue weighted by Crippen LogP contribution is 2.38. The first kappa shape index (κ1) is 16.5. The topological polar surface area (TPSA) is 49.0 Å². The summed E-state index contributed by atoms with van der Waals surface area (Å²) in [5.74, 6) is 2.91. The highest BCUT2D eigenvalue weighted by Gasteiger charge is 2.21. The predicted molar refractivity (Wildman–Crippen MR) is 92.2 cm³/mol. The number of hydrogen-bond acceptors (Lipinski definition) is 5. The van der Waals surface area contributed by atoms with E-state index >= 15 is 0 Å². The number of benzene rings is 2. The number of para-hydroxylation sites is 1. The first-order valence-electron chi connectivity index (χ1n) is 8.00. The fraction of sp³-hybridized carbons (Fsp3) is 0.368. The number of methoxy groups -OCH3 is 3. The molecule has 0 saturated carbocycles. The second-order valence-electron chi connectivity index (χ2n) is 5.64. The van der Waals surface area contributed by atoms with Crippen molar-refractivity contribution >= 4 is 0 Å². The first-order chi connectivity index (χ1) is 11.8. The minimum absolute atomic E-state index is 0.272. The van der Waals surface area contributed by atoms with Gasteiger partial charge in [-0.3, -0.25) is 0 Å². The Balaban J connectivity index is 1.78. The van der Waals surface area contributed by atoms with Crippen LogP contribution in [0.4, 0.5) is 0 Å². The van der Waals surface area contributed by atoms with Gasteiger partial charge in [0.2, 0.25) is 5.75 Å². The Morgan fingerprint density at radius 1 is 1.04 bits per heavy atom. The molecule has 1 aliphatic heterocycles. The zero-order chi connectivity index (χ0) is 16.9. The van der Waals surface area contributed by atoms with Crippen molar-refractivity contribution < 1.29 is 18.9 Å². The second-order valence-corrected chi connectivity index (χ2v) is 5.64. The van der Waals surface area contributed by atoms with Crippen molar-refractivity contribution in [3.63, 3.8) is 0 Å². The zero-order valence-electron chi connectivity index (χ0n) is 14.3. The highest BCUT2D eigenvalue weighted by atomic mass is 16.5. The van der Waals surface area contributed by atoms with Gasteiger partial charge in [0.25, 0.3) is 0 Å². The largest absolute Gasteiger partial charge is 0.493 e. The minimum atomic E-state index is 0.272. The zero-order valence-corrected chi connectivity index (χ0v) is 14.3. The van der Waals surface area contributed by atoms with Gasteiger partial charge < -0.3 is 24.3 Å². The maximum Gasteiger partial charge on any atom is 0.203 e. The summed E-state index contributed by atoms with van der Waals surface area (Å²) >= 11 is 0. The third kappa shape index (κ3) is 3.26. The summed E-state index contributed by atoms with van der Waals surface area (Å²) in [6.45, 7) is 1.43. The van der Waals surface area contributed by atoms with Gasteiger partial charge in [-0.05, 0) is 23.8 Å². The smallest absolute Gasteiger partial charge is 0.203 e. The molecule has 1 atom stereocenters. The van der Waals surface area contributed by atoms with Gasteiger partial charge in [-0.15, -0.1) is 0 Å². The van der Waals surface area contributed by atoms with Crippen molar-refractivity contribution in [1.29, 1.82) is 0 Å². The monoisotopic (exact) mass is 329 g/mol. The summed E-state index contributed by atoms with van der Waals surface area (Å²) in [4.78, 5) is 0. The van der Waals surface area contributed by atoms with Gasteiger partial charge in [0.1, 0.15) is 5.75 Å². The van der Waals surface area contributed by atoms with Crippen LogP contribution in [0.1, 0.15) is 23.6 Å². The SMILES string of the molecule is COc1cc(CN[C@@H]2CCOc3ccccc32)cc(OC)c1OC. The van der Waals surface area contributed by atoms with Crippen molar-refractivity contribution in [3.8, 4) is 23.0 Å². The van der Waals surface area contributed by atoms with Crippen molar-refractivity contribution in [2.24, 2.45) is 0 Å². The van der Waals surface area contributed by atoms with Gasteiger partial charge in [-0.2, -0.15) is 0 Å². The molecule has 0 radical (unpaired) electrons. The van der Waals surface area contributed by atoms with Crippen LogP contribution in [0.25, 0.3) is 0 Å². The van der Waals surface area contributed by atoms with Crippen LogP contribution in [0, 0.1) is 0 Å². The lowest BCUT2D eigenvalue weighted by atomic mass is 10.0. The predicted octanol–water partition coefficient (Wildman–Crippen LogP) is 3.33. The van der Waals surface area contributed by atoms with Gasteiger partial charge >= 0.3 is 0 Å². The molecular formula is C19H23NO4. The van der Waals surface area contributed by atoms with Crippen LogP contribution in [0.2, 0.25) is 0 Å². The molecule has 0 saturated heterocycles. The lowest BCUT2D eigenvalue weighted by Crippen LogP contribution is -2.26. The van der Waals surface area contributed by atoms with Crippen molar-refractivity contribution in [2.45, 2.75) is 19.0 Å². The van der Waals surface area contributed by atoms with E-state index in [9.17, 15) is 0 Å². The highest BCUT2D eigenvalue weighted by molar-refractivity contribution is 5.53. The quantitative estimate of drug-likeness (QED) is 0.881. The number of hydrogen-bond donors (Lipinski definition) is 1. The van der Waals surface area contributed by atoms with Gasteiger partial charge in [0.15, 0.2) is 11.5 Å². The summed E-state index contributed by atoms with van der Waals surface area (Å²) in [6.07, 6.45) is 0.946. The third-order valence-corrected chi connectivity index (χ3v) is 4.24. The van der Waals surface area contributed by atoms with E-state index in [0.717, 1.165) is 24.3 Å². The van der Waals surface area contributed by atoms with Crippen LogP contribution in [0.3, 0.4) is 0 Å². The molecule has 5 nitrogen and oxygen atoms in total. The molecule has 128 valence electrons. The summed E-state index contributed by atoms with van der Waals surface area (Å²) in [5.41, 5.74) is 2.28. The maximum atomic E-state index is 5.71. The fourth-order valence-electron chi connectivity index (χ4n) is 3.03. The molecule has 0 amide bonds. The Morgan fingerprint density at radius 2 is 1.75 bits per heavy atom. The molecule has 3 rings (SSSR count). The maximum absolute atomic E-state index is 5.71. The average Bonchev–Trinajstić information content (AvgIpc) is 2.65. The number of rotatable bonds is 6. The van der Waals surface area contributed by atoms with E-state index < -0.39 is 0 Å². The molecule has 2 aromatic carbocycles. The molecule has 1 aliphatic rings. The average molecular weight is 329 g/mol. The van der Waals surface area contributed by atoms with Crippen LogP contribution in [0.5, 0.6) is 23.0 Å². The molecule has 0 bridgehead atoms. The molecule has 0 aliphatic carbocycles. The van der Waals surface area contributed by atoms with Crippen molar-refractivity contribution in [1.82, 2.24) is 5.32 Å². The Bertz CT molecular complexity index is 677. The van der Waals surface area contributed by atoms with E-state index in [1.165, 1.54) is 5.56 Å². The summed E-state index contributed by atoms with van der Waals surface area (Å²) < 4.78 is 21.9. The Labute approximate surface area is 142 Å². The molecule has 2 aromatic rings. The van der Waals surface area contributed by atoms with Crippen molar-refractivity contribution in [3.05, 3.63) is 47.5 Å². The second kappa shape index (κ2) is 7.45. The van der Waals surface area contributed by atoms with Gasteiger partial charge in [0, 0.05) is 24.6 Å². The molecule has 0 spiro atoms. The number of nitrogens with one attached hydrogen (secondary N) is 1. The normalized spacial score (nSPS) is 16.0. The van der Waals surface area contributed by atoms with Crippen LogP contribution in [-0.4, -0.2) is 27.9 Å². The molecule has 24 heavy (non-hydrogen) atoms. The number of ether oxygens (including phenoxy) is 4. The van der Waals surface area contributed by atoms with Crippen LogP contribution >= 0.6 is 0 Å². The van der Waals surface area contributed by atoms with E-state index in [0.29, 0.717) is 23.8 Å².